The van der Waals surface area contributed by atoms with Gasteiger partial charge in [0.1, 0.15) is 5.82 Å². The fourth-order valence-corrected chi connectivity index (χ4v) is 3.66. The van der Waals surface area contributed by atoms with E-state index in [-0.39, 0.29) is 5.82 Å². The molecular weight excluding hydrogens is 237 g/mol. The molecule has 1 aromatic rings. The second-order valence-electron chi connectivity index (χ2n) is 6.43. The third-order valence-corrected chi connectivity index (χ3v) is 5.00. The normalized spacial score (nSPS) is 30.3. The zero-order valence-electron chi connectivity index (χ0n) is 11.8. The van der Waals surface area contributed by atoms with Gasteiger partial charge in [0.15, 0.2) is 0 Å². The summed E-state index contributed by atoms with van der Waals surface area (Å²) in [6.07, 6.45) is 7.42. The largest absolute Gasteiger partial charge is 0.310 e. The van der Waals surface area contributed by atoms with Crippen molar-refractivity contribution in [2.45, 2.75) is 51.5 Å². The Bertz CT molecular complexity index is 435. The van der Waals surface area contributed by atoms with Gasteiger partial charge in [-0.25, -0.2) is 4.39 Å². The number of hydrogen-bond donors (Lipinski definition) is 1. The van der Waals surface area contributed by atoms with E-state index in [1.807, 2.05) is 6.07 Å². The standard InChI is InChI=1S/C17H24FN/c1-12-5-7-13(8-6-12)11-19-17-10-9-14-15(17)3-2-4-16(14)18/h2-4,12-13,17,19H,5-11H2,1H3. The van der Waals surface area contributed by atoms with Crippen molar-refractivity contribution in [2.24, 2.45) is 11.8 Å². The summed E-state index contributed by atoms with van der Waals surface area (Å²) in [5, 5.41) is 3.68. The van der Waals surface area contributed by atoms with Crippen LogP contribution < -0.4 is 5.32 Å². The van der Waals surface area contributed by atoms with Crippen molar-refractivity contribution in [2.75, 3.05) is 6.54 Å². The highest BCUT2D eigenvalue weighted by Gasteiger charge is 2.26. The van der Waals surface area contributed by atoms with Gasteiger partial charge in [-0.15, -0.1) is 0 Å². The van der Waals surface area contributed by atoms with Crippen molar-refractivity contribution in [3.05, 3.63) is 35.1 Å². The molecule has 2 aliphatic rings. The molecule has 2 aliphatic carbocycles. The van der Waals surface area contributed by atoms with Crippen LogP contribution in [0.1, 0.15) is 56.2 Å². The van der Waals surface area contributed by atoms with Gasteiger partial charge in [0.25, 0.3) is 0 Å². The molecule has 0 heterocycles. The highest BCUT2D eigenvalue weighted by atomic mass is 19.1. The Morgan fingerprint density at radius 1 is 1.16 bits per heavy atom. The number of hydrogen-bond acceptors (Lipinski definition) is 1. The molecule has 0 bridgehead atoms. The molecule has 1 saturated carbocycles. The summed E-state index contributed by atoms with van der Waals surface area (Å²) in [5.74, 6) is 1.72. The van der Waals surface area contributed by atoms with Crippen LogP contribution in [0, 0.1) is 17.7 Å². The molecule has 1 nitrogen and oxygen atoms in total. The molecule has 0 aliphatic heterocycles. The predicted octanol–water partition coefficient (Wildman–Crippen LogP) is 4.23. The minimum atomic E-state index is -0.0201. The van der Waals surface area contributed by atoms with Crippen LogP contribution in [0.2, 0.25) is 0 Å². The third kappa shape index (κ3) is 2.84. The van der Waals surface area contributed by atoms with Crippen molar-refractivity contribution >= 4 is 0 Å². The van der Waals surface area contributed by atoms with E-state index in [0.29, 0.717) is 6.04 Å². The number of halogens is 1. The first kappa shape index (κ1) is 13.1. The summed E-state index contributed by atoms with van der Waals surface area (Å²) >= 11 is 0. The van der Waals surface area contributed by atoms with E-state index in [9.17, 15) is 4.39 Å². The van der Waals surface area contributed by atoms with E-state index in [1.54, 1.807) is 6.07 Å². The Morgan fingerprint density at radius 3 is 2.74 bits per heavy atom. The van der Waals surface area contributed by atoms with Crippen LogP contribution in [-0.4, -0.2) is 6.54 Å². The number of rotatable bonds is 3. The van der Waals surface area contributed by atoms with Crippen molar-refractivity contribution < 1.29 is 4.39 Å². The second kappa shape index (κ2) is 5.62. The summed E-state index contributed by atoms with van der Waals surface area (Å²) < 4.78 is 13.7. The second-order valence-corrected chi connectivity index (χ2v) is 6.43. The van der Waals surface area contributed by atoms with Crippen LogP contribution in [0.4, 0.5) is 4.39 Å². The van der Waals surface area contributed by atoms with Crippen LogP contribution >= 0.6 is 0 Å². The molecule has 1 aromatic carbocycles. The van der Waals surface area contributed by atoms with Gasteiger partial charge in [0.2, 0.25) is 0 Å². The maximum atomic E-state index is 13.7. The number of nitrogens with one attached hydrogen (secondary N) is 1. The maximum absolute atomic E-state index is 13.7. The minimum absolute atomic E-state index is 0.0201. The summed E-state index contributed by atoms with van der Waals surface area (Å²) in [5.41, 5.74) is 2.14. The van der Waals surface area contributed by atoms with Gasteiger partial charge in [0.05, 0.1) is 0 Å². The predicted molar refractivity (Wildman–Crippen MR) is 76.6 cm³/mol. The highest BCUT2D eigenvalue weighted by Crippen LogP contribution is 2.34. The molecule has 1 fully saturated rings. The average molecular weight is 261 g/mol. The van der Waals surface area contributed by atoms with Crippen molar-refractivity contribution in [3.8, 4) is 0 Å². The van der Waals surface area contributed by atoms with Gasteiger partial charge in [-0.1, -0.05) is 31.9 Å². The monoisotopic (exact) mass is 261 g/mol. The molecule has 2 heteroatoms. The minimum Gasteiger partial charge on any atom is -0.310 e. The van der Waals surface area contributed by atoms with Crippen molar-refractivity contribution in [1.29, 1.82) is 0 Å². The van der Waals surface area contributed by atoms with Crippen LogP contribution in [0.5, 0.6) is 0 Å². The molecule has 0 spiro atoms. The van der Waals surface area contributed by atoms with Gasteiger partial charge in [0, 0.05) is 6.04 Å². The van der Waals surface area contributed by atoms with Gasteiger partial charge in [-0.05, 0) is 61.3 Å². The van der Waals surface area contributed by atoms with E-state index < -0.39 is 0 Å². The molecule has 0 amide bonds. The zero-order chi connectivity index (χ0) is 13.2. The molecule has 1 unspecified atom stereocenters. The van der Waals surface area contributed by atoms with Crippen molar-refractivity contribution in [3.63, 3.8) is 0 Å². The van der Waals surface area contributed by atoms with E-state index in [2.05, 4.69) is 18.3 Å². The fraction of sp³-hybridized carbons (Fsp3) is 0.647. The number of fused-ring (bicyclic) bond motifs is 1. The Hall–Kier alpha value is -0.890. The van der Waals surface area contributed by atoms with Crippen molar-refractivity contribution in [1.82, 2.24) is 5.32 Å². The van der Waals surface area contributed by atoms with E-state index in [4.69, 9.17) is 0 Å². The lowest BCUT2D eigenvalue weighted by atomic mass is 9.83. The van der Waals surface area contributed by atoms with Gasteiger partial charge in [-0.3, -0.25) is 0 Å². The Balaban J connectivity index is 1.57. The SMILES string of the molecule is CC1CCC(CNC2CCc3c(F)cccc32)CC1. The summed E-state index contributed by atoms with van der Waals surface area (Å²) in [4.78, 5) is 0. The lowest BCUT2D eigenvalue weighted by Gasteiger charge is -2.27. The highest BCUT2D eigenvalue weighted by molar-refractivity contribution is 5.35. The van der Waals surface area contributed by atoms with Crippen LogP contribution in [-0.2, 0) is 6.42 Å². The first-order chi connectivity index (χ1) is 9.24. The topological polar surface area (TPSA) is 12.0 Å². The molecule has 19 heavy (non-hydrogen) atoms. The lowest BCUT2D eigenvalue weighted by molar-refractivity contribution is 0.274. The van der Waals surface area contributed by atoms with E-state index >= 15 is 0 Å². The lowest BCUT2D eigenvalue weighted by Crippen LogP contribution is -2.28. The van der Waals surface area contributed by atoms with Crippen LogP contribution in [0.15, 0.2) is 18.2 Å². The molecule has 104 valence electrons. The quantitative estimate of drug-likeness (QED) is 0.858. The first-order valence-corrected chi connectivity index (χ1v) is 7.74. The van der Waals surface area contributed by atoms with Crippen LogP contribution in [0.3, 0.4) is 0 Å². The molecule has 0 saturated heterocycles. The Labute approximate surface area is 115 Å². The maximum Gasteiger partial charge on any atom is 0.126 e. The smallest absolute Gasteiger partial charge is 0.126 e. The van der Waals surface area contributed by atoms with Gasteiger partial charge < -0.3 is 5.32 Å². The summed E-state index contributed by atoms with van der Waals surface area (Å²) in [6.45, 7) is 3.47. The summed E-state index contributed by atoms with van der Waals surface area (Å²) in [6, 6.07) is 5.90. The Morgan fingerprint density at radius 2 is 1.95 bits per heavy atom. The average Bonchev–Trinajstić information content (AvgIpc) is 2.83. The molecular formula is C17H24FN. The van der Waals surface area contributed by atoms with Gasteiger partial charge in [-0.2, -0.15) is 0 Å². The third-order valence-electron chi connectivity index (χ3n) is 5.00. The fourth-order valence-electron chi connectivity index (χ4n) is 3.66. The zero-order valence-corrected chi connectivity index (χ0v) is 11.8. The Kier molecular flexibility index (Phi) is 3.88. The number of benzene rings is 1. The molecule has 0 aromatic heterocycles. The molecule has 3 rings (SSSR count). The molecule has 1 atom stereocenters. The molecule has 0 radical (unpaired) electrons. The van der Waals surface area contributed by atoms with E-state index in [1.165, 1.54) is 31.2 Å². The summed E-state index contributed by atoms with van der Waals surface area (Å²) in [7, 11) is 0. The van der Waals surface area contributed by atoms with E-state index in [0.717, 1.165) is 36.8 Å². The first-order valence-electron chi connectivity index (χ1n) is 7.74. The van der Waals surface area contributed by atoms with Crippen LogP contribution in [0.25, 0.3) is 0 Å². The molecule has 1 N–H and O–H groups in total. The van der Waals surface area contributed by atoms with Gasteiger partial charge >= 0.3 is 0 Å².